The van der Waals surface area contributed by atoms with Crippen LogP contribution in [0.1, 0.15) is 29.6 Å². The smallest absolute Gasteiger partial charge is 0.315 e. The molecule has 0 spiro atoms. The van der Waals surface area contributed by atoms with Gasteiger partial charge in [0.25, 0.3) is 0 Å². The van der Waals surface area contributed by atoms with Gasteiger partial charge in [-0.25, -0.2) is 4.79 Å². The number of benzene rings is 1. The first kappa shape index (κ1) is 16.9. The average Bonchev–Trinajstić information content (AvgIpc) is 2.84. The highest BCUT2D eigenvalue weighted by atomic mass is 16.3. The van der Waals surface area contributed by atoms with Gasteiger partial charge in [-0.3, -0.25) is 0 Å². The van der Waals surface area contributed by atoms with Crippen molar-refractivity contribution in [2.75, 3.05) is 6.54 Å². The van der Waals surface area contributed by atoms with Crippen molar-refractivity contribution in [2.24, 2.45) is 0 Å². The van der Waals surface area contributed by atoms with E-state index in [1.807, 2.05) is 6.92 Å². The van der Waals surface area contributed by atoms with Crippen LogP contribution in [0.15, 0.2) is 34.7 Å². The second kappa shape index (κ2) is 6.75. The van der Waals surface area contributed by atoms with Crippen molar-refractivity contribution >= 4 is 6.03 Å². The van der Waals surface area contributed by atoms with E-state index in [2.05, 4.69) is 10.6 Å². The van der Waals surface area contributed by atoms with Gasteiger partial charge in [0.2, 0.25) is 0 Å². The highest BCUT2D eigenvalue weighted by Gasteiger charge is 2.28. The van der Waals surface area contributed by atoms with E-state index in [0.717, 1.165) is 11.3 Å². The van der Waals surface area contributed by atoms with E-state index in [1.54, 1.807) is 44.2 Å². The van der Waals surface area contributed by atoms with Crippen molar-refractivity contribution in [1.82, 2.24) is 10.6 Å². The molecule has 1 heterocycles. The number of aromatic hydroxyl groups is 1. The molecule has 0 saturated carbocycles. The average molecular weight is 318 g/mol. The van der Waals surface area contributed by atoms with Crippen LogP contribution in [-0.2, 0) is 12.1 Å². The summed E-state index contributed by atoms with van der Waals surface area (Å²) in [5.74, 6) is 1.54. The molecule has 0 saturated heterocycles. The number of furan rings is 1. The number of phenols is 1. The van der Waals surface area contributed by atoms with Crippen LogP contribution in [0.3, 0.4) is 0 Å². The van der Waals surface area contributed by atoms with E-state index in [1.165, 1.54) is 0 Å². The lowest BCUT2D eigenvalue weighted by molar-refractivity contribution is 0.0579. The molecular formula is C17H22N2O4. The first-order valence-electron chi connectivity index (χ1n) is 7.37. The zero-order valence-electron chi connectivity index (χ0n) is 13.5. The molecule has 1 aromatic heterocycles. The normalized spacial score (nSPS) is 13.4. The Morgan fingerprint density at radius 1 is 1.22 bits per heavy atom. The highest BCUT2D eigenvalue weighted by molar-refractivity contribution is 5.73. The summed E-state index contributed by atoms with van der Waals surface area (Å²) < 4.78 is 5.41. The first-order valence-corrected chi connectivity index (χ1v) is 7.37. The lowest BCUT2D eigenvalue weighted by Gasteiger charge is -2.23. The van der Waals surface area contributed by atoms with Crippen molar-refractivity contribution in [3.63, 3.8) is 0 Å². The SMILES string of the molecule is Cc1cc(C(C)(O)CNC(=O)NCc2ccc(O)cc2)c(C)o1. The molecule has 0 bridgehead atoms. The fraction of sp³-hybridized carbons (Fsp3) is 0.353. The number of carbonyl (C=O) groups excluding carboxylic acids is 1. The quantitative estimate of drug-likeness (QED) is 0.680. The Labute approximate surface area is 135 Å². The summed E-state index contributed by atoms with van der Waals surface area (Å²) in [5.41, 5.74) is 0.317. The van der Waals surface area contributed by atoms with E-state index in [4.69, 9.17) is 4.42 Å². The van der Waals surface area contributed by atoms with Gasteiger partial charge in [-0.15, -0.1) is 0 Å². The van der Waals surface area contributed by atoms with E-state index >= 15 is 0 Å². The van der Waals surface area contributed by atoms with Crippen LogP contribution in [0.4, 0.5) is 4.79 Å². The third-order valence-corrected chi connectivity index (χ3v) is 3.60. The fourth-order valence-electron chi connectivity index (χ4n) is 2.37. The van der Waals surface area contributed by atoms with Crippen molar-refractivity contribution in [3.8, 4) is 5.75 Å². The summed E-state index contributed by atoms with van der Waals surface area (Å²) in [5, 5.41) is 25.1. The van der Waals surface area contributed by atoms with Gasteiger partial charge in [-0.1, -0.05) is 12.1 Å². The summed E-state index contributed by atoms with van der Waals surface area (Å²) in [6.07, 6.45) is 0. The van der Waals surface area contributed by atoms with Crippen molar-refractivity contribution < 1.29 is 19.4 Å². The van der Waals surface area contributed by atoms with Crippen LogP contribution in [0.5, 0.6) is 5.75 Å². The van der Waals surface area contributed by atoms with Gasteiger partial charge in [0.05, 0.1) is 6.54 Å². The number of nitrogens with one attached hydrogen (secondary N) is 2. The molecule has 4 N–H and O–H groups in total. The minimum absolute atomic E-state index is 0.0637. The predicted octanol–water partition coefficient (Wildman–Crippen LogP) is 2.31. The maximum absolute atomic E-state index is 11.8. The Kier molecular flexibility index (Phi) is 4.95. The summed E-state index contributed by atoms with van der Waals surface area (Å²) >= 11 is 0. The molecule has 23 heavy (non-hydrogen) atoms. The van der Waals surface area contributed by atoms with Crippen LogP contribution in [-0.4, -0.2) is 22.8 Å². The van der Waals surface area contributed by atoms with Crippen molar-refractivity contribution in [1.29, 1.82) is 0 Å². The molecule has 2 aromatic rings. The standard InChI is InChI=1S/C17H22N2O4/c1-11-8-15(12(2)23-11)17(3,22)10-19-16(21)18-9-13-4-6-14(20)7-5-13/h4-8,20,22H,9-10H2,1-3H3,(H2,18,19,21). The summed E-state index contributed by atoms with van der Waals surface area (Å²) in [6, 6.07) is 7.96. The number of amides is 2. The molecule has 2 amide bonds. The zero-order chi connectivity index (χ0) is 17.0. The molecule has 6 heteroatoms. The topological polar surface area (TPSA) is 94.7 Å². The number of hydrogen-bond donors (Lipinski definition) is 4. The molecular weight excluding hydrogens is 296 g/mol. The molecule has 124 valence electrons. The molecule has 0 fully saturated rings. The largest absolute Gasteiger partial charge is 0.508 e. The molecule has 0 aliphatic carbocycles. The molecule has 1 aromatic carbocycles. The third-order valence-electron chi connectivity index (χ3n) is 3.60. The van der Waals surface area contributed by atoms with E-state index in [-0.39, 0.29) is 18.3 Å². The second-order valence-corrected chi connectivity index (χ2v) is 5.80. The number of aryl methyl sites for hydroxylation is 2. The van der Waals surface area contributed by atoms with E-state index in [0.29, 0.717) is 17.9 Å². The van der Waals surface area contributed by atoms with Gasteiger partial charge in [0, 0.05) is 12.1 Å². The minimum Gasteiger partial charge on any atom is -0.508 e. The van der Waals surface area contributed by atoms with Gasteiger partial charge < -0.3 is 25.3 Å². The number of urea groups is 1. The number of rotatable bonds is 5. The van der Waals surface area contributed by atoms with Crippen LogP contribution in [0.25, 0.3) is 0 Å². The number of aliphatic hydroxyl groups is 1. The van der Waals surface area contributed by atoms with Gasteiger partial charge >= 0.3 is 6.03 Å². The molecule has 0 radical (unpaired) electrons. The number of carbonyl (C=O) groups is 1. The fourth-order valence-corrected chi connectivity index (χ4v) is 2.37. The van der Waals surface area contributed by atoms with E-state index in [9.17, 15) is 15.0 Å². The van der Waals surface area contributed by atoms with Crippen molar-refractivity contribution in [2.45, 2.75) is 32.9 Å². The molecule has 2 rings (SSSR count). The molecule has 0 aliphatic rings. The molecule has 6 nitrogen and oxygen atoms in total. The Morgan fingerprint density at radius 3 is 2.43 bits per heavy atom. The molecule has 1 atom stereocenters. The van der Waals surface area contributed by atoms with Crippen molar-refractivity contribution in [3.05, 3.63) is 53.0 Å². The highest BCUT2D eigenvalue weighted by Crippen LogP contribution is 2.26. The van der Waals surface area contributed by atoms with Crippen LogP contribution < -0.4 is 10.6 Å². The van der Waals surface area contributed by atoms with Crippen LogP contribution in [0.2, 0.25) is 0 Å². The maximum atomic E-state index is 11.8. The zero-order valence-corrected chi connectivity index (χ0v) is 13.5. The van der Waals surface area contributed by atoms with Crippen LogP contribution in [0, 0.1) is 13.8 Å². The van der Waals surface area contributed by atoms with E-state index < -0.39 is 5.60 Å². The molecule has 0 aliphatic heterocycles. The molecule has 1 unspecified atom stereocenters. The van der Waals surface area contributed by atoms with Gasteiger partial charge in [-0.2, -0.15) is 0 Å². The Balaban J connectivity index is 1.86. The predicted molar refractivity (Wildman–Crippen MR) is 86.1 cm³/mol. The van der Waals surface area contributed by atoms with Gasteiger partial charge in [0.1, 0.15) is 22.9 Å². The maximum Gasteiger partial charge on any atom is 0.315 e. The van der Waals surface area contributed by atoms with Gasteiger partial charge in [-0.05, 0) is 44.5 Å². The third kappa shape index (κ3) is 4.50. The van der Waals surface area contributed by atoms with Gasteiger partial charge in [0.15, 0.2) is 0 Å². The Bertz CT molecular complexity index is 674. The second-order valence-electron chi connectivity index (χ2n) is 5.80. The Morgan fingerprint density at radius 2 is 1.87 bits per heavy atom. The number of phenolic OH excluding ortho intramolecular Hbond substituents is 1. The lowest BCUT2D eigenvalue weighted by Crippen LogP contribution is -2.43. The lowest BCUT2D eigenvalue weighted by atomic mass is 9.96. The minimum atomic E-state index is -1.21. The summed E-state index contributed by atoms with van der Waals surface area (Å²) in [7, 11) is 0. The number of hydrogen-bond acceptors (Lipinski definition) is 4. The Hall–Kier alpha value is -2.47. The summed E-state index contributed by atoms with van der Waals surface area (Å²) in [6.45, 7) is 5.61. The first-order chi connectivity index (χ1) is 10.8. The van der Waals surface area contributed by atoms with Crippen LogP contribution >= 0.6 is 0 Å². The summed E-state index contributed by atoms with van der Waals surface area (Å²) in [4.78, 5) is 11.8. The monoisotopic (exact) mass is 318 g/mol.